The van der Waals surface area contributed by atoms with Crippen molar-refractivity contribution in [2.24, 2.45) is 5.92 Å². The van der Waals surface area contributed by atoms with E-state index >= 15 is 0 Å². The molecule has 1 N–H and O–H groups in total. The first-order valence-electron chi connectivity index (χ1n) is 8.38. The van der Waals surface area contributed by atoms with Crippen LogP contribution in [0.2, 0.25) is 0 Å². The van der Waals surface area contributed by atoms with Gasteiger partial charge < -0.3 is 10.2 Å². The molecule has 1 fully saturated rings. The van der Waals surface area contributed by atoms with Crippen molar-refractivity contribution in [3.63, 3.8) is 0 Å². The summed E-state index contributed by atoms with van der Waals surface area (Å²) < 4.78 is 0. The van der Waals surface area contributed by atoms with Crippen LogP contribution in [0.4, 0.5) is 0 Å². The average molecular weight is 313 g/mol. The van der Waals surface area contributed by atoms with Crippen molar-refractivity contribution in [3.8, 4) is 0 Å². The Balaban J connectivity index is 1.47. The molecular weight excluding hydrogens is 290 g/mol. The Morgan fingerprint density at radius 2 is 2.00 bits per heavy atom. The summed E-state index contributed by atoms with van der Waals surface area (Å²) in [6, 6.07) is 3.66. The molecule has 1 aliphatic carbocycles. The Bertz CT molecular complexity index is 577. The number of rotatable bonds is 3. The van der Waals surface area contributed by atoms with E-state index in [1.807, 2.05) is 4.90 Å². The number of hydrogen-bond acceptors (Lipinski definition) is 3. The lowest BCUT2D eigenvalue weighted by Crippen LogP contribution is -2.48. The molecule has 2 heterocycles. The van der Waals surface area contributed by atoms with Crippen molar-refractivity contribution >= 4 is 11.8 Å². The van der Waals surface area contributed by atoms with Crippen LogP contribution in [0, 0.1) is 5.92 Å². The Kier molecular flexibility index (Phi) is 5.05. The first-order valence-corrected chi connectivity index (χ1v) is 8.38. The molecule has 0 aromatic carbocycles. The highest BCUT2D eigenvalue weighted by Gasteiger charge is 2.28. The quantitative estimate of drug-likeness (QED) is 0.870. The number of likely N-dealkylation sites (tertiary alicyclic amines) is 1. The molecule has 122 valence electrons. The Labute approximate surface area is 136 Å². The van der Waals surface area contributed by atoms with E-state index in [2.05, 4.69) is 22.5 Å². The molecule has 5 nitrogen and oxygen atoms in total. The van der Waals surface area contributed by atoms with Crippen LogP contribution in [0.1, 0.15) is 42.5 Å². The van der Waals surface area contributed by atoms with Crippen molar-refractivity contribution in [2.45, 2.75) is 38.1 Å². The van der Waals surface area contributed by atoms with E-state index < -0.39 is 0 Å². The van der Waals surface area contributed by atoms with Gasteiger partial charge in [0, 0.05) is 37.4 Å². The molecule has 23 heavy (non-hydrogen) atoms. The highest BCUT2D eigenvalue weighted by molar-refractivity contribution is 5.94. The molecule has 1 atom stereocenters. The third-order valence-electron chi connectivity index (χ3n) is 4.68. The van der Waals surface area contributed by atoms with E-state index in [4.69, 9.17) is 0 Å². The van der Waals surface area contributed by atoms with E-state index in [9.17, 15) is 9.59 Å². The Morgan fingerprint density at radius 1 is 1.17 bits per heavy atom. The van der Waals surface area contributed by atoms with Gasteiger partial charge in [-0.2, -0.15) is 0 Å². The van der Waals surface area contributed by atoms with Crippen LogP contribution in [-0.2, 0) is 4.79 Å². The average Bonchev–Trinajstić information content (AvgIpc) is 2.63. The van der Waals surface area contributed by atoms with Crippen LogP contribution in [0.5, 0.6) is 0 Å². The molecule has 1 aromatic rings. The van der Waals surface area contributed by atoms with Gasteiger partial charge in [-0.25, -0.2) is 0 Å². The Hall–Kier alpha value is -2.17. The topological polar surface area (TPSA) is 62.3 Å². The molecule has 0 radical (unpaired) electrons. The summed E-state index contributed by atoms with van der Waals surface area (Å²) in [5.74, 6) is 0.355. The fourth-order valence-electron chi connectivity index (χ4n) is 3.29. The maximum absolute atomic E-state index is 12.5. The third-order valence-corrected chi connectivity index (χ3v) is 4.68. The van der Waals surface area contributed by atoms with Gasteiger partial charge in [-0.15, -0.1) is 0 Å². The molecule has 2 amide bonds. The van der Waals surface area contributed by atoms with Crippen molar-refractivity contribution in [2.75, 3.05) is 13.1 Å². The normalized spacial score (nSPS) is 21.9. The summed E-state index contributed by atoms with van der Waals surface area (Å²) >= 11 is 0. The molecular formula is C18H23N3O2. The maximum Gasteiger partial charge on any atom is 0.253 e. The minimum Gasteiger partial charge on any atom is -0.349 e. The van der Waals surface area contributed by atoms with Gasteiger partial charge in [0.2, 0.25) is 5.91 Å². The SMILES string of the molecule is O=C(NC1CCN(C(=O)C2CC=CCC2)CC1)c1cccnc1. The zero-order chi connectivity index (χ0) is 16.1. The molecule has 0 bridgehead atoms. The second kappa shape index (κ2) is 7.40. The van der Waals surface area contributed by atoms with Gasteiger partial charge in [-0.05, 0) is 44.2 Å². The first kappa shape index (κ1) is 15.7. The second-order valence-electron chi connectivity index (χ2n) is 6.30. The smallest absolute Gasteiger partial charge is 0.253 e. The molecule has 0 spiro atoms. The predicted octanol–water partition coefficient (Wildman–Crippen LogP) is 2.16. The number of aromatic nitrogens is 1. The summed E-state index contributed by atoms with van der Waals surface area (Å²) in [6.07, 6.45) is 12.0. The van der Waals surface area contributed by atoms with E-state index in [1.54, 1.807) is 24.5 Å². The number of allylic oxidation sites excluding steroid dienone is 2. The molecule has 1 saturated heterocycles. The zero-order valence-electron chi connectivity index (χ0n) is 13.3. The van der Waals surface area contributed by atoms with Gasteiger partial charge in [0.1, 0.15) is 0 Å². The third kappa shape index (κ3) is 3.97. The number of piperidine rings is 1. The molecule has 2 aliphatic rings. The van der Waals surface area contributed by atoms with Crippen LogP contribution in [-0.4, -0.2) is 40.8 Å². The number of carbonyl (C=O) groups is 2. The van der Waals surface area contributed by atoms with Gasteiger partial charge in [-0.3, -0.25) is 14.6 Å². The number of pyridine rings is 1. The second-order valence-corrected chi connectivity index (χ2v) is 6.30. The van der Waals surface area contributed by atoms with Gasteiger partial charge >= 0.3 is 0 Å². The zero-order valence-corrected chi connectivity index (χ0v) is 13.3. The number of carbonyl (C=O) groups excluding carboxylic acids is 2. The predicted molar refractivity (Wildman–Crippen MR) is 87.8 cm³/mol. The van der Waals surface area contributed by atoms with Gasteiger partial charge in [-0.1, -0.05) is 12.2 Å². The summed E-state index contributed by atoms with van der Waals surface area (Å²) in [4.78, 5) is 30.6. The van der Waals surface area contributed by atoms with E-state index in [0.29, 0.717) is 5.56 Å². The van der Waals surface area contributed by atoms with Gasteiger partial charge in [0.05, 0.1) is 5.56 Å². The molecule has 1 aromatic heterocycles. The number of hydrogen-bond donors (Lipinski definition) is 1. The minimum atomic E-state index is -0.0831. The fraction of sp³-hybridized carbons (Fsp3) is 0.500. The molecule has 3 rings (SSSR count). The van der Waals surface area contributed by atoms with Crippen LogP contribution in [0.15, 0.2) is 36.7 Å². The molecule has 0 saturated carbocycles. The highest BCUT2D eigenvalue weighted by atomic mass is 16.2. The lowest BCUT2D eigenvalue weighted by Gasteiger charge is -2.34. The van der Waals surface area contributed by atoms with Crippen molar-refractivity contribution in [3.05, 3.63) is 42.2 Å². The number of amides is 2. The highest BCUT2D eigenvalue weighted by Crippen LogP contribution is 2.22. The first-order chi connectivity index (χ1) is 11.2. The van der Waals surface area contributed by atoms with Crippen LogP contribution in [0.25, 0.3) is 0 Å². The van der Waals surface area contributed by atoms with Gasteiger partial charge in [0.25, 0.3) is 5.91 Å². The van der Waals surface area contributed by atoms with E-state index in [1.165, 1.54) is 0 Å². The summed E-state index contributed by atoms with van der Waals surface area (Å²) in [5.41, 5.74) is 0.583. The monoisotopic (exact) mass is 313 g/mol. The van der Waals surface area contributed by atoms with E-state index in [0.717, 1.165) is 45.2 Å². The van der Waals surface area contributed by atoms with E-state index in [-0.39, 0.29) is 23.8 Å². The maximum atomic E-state index is 12.5. The van der Waals surface area contributed by atoms with Crippen molar-refractivity contribution < 1.29 is 9.59 Å². The fourth-order valence-corrected chi connectivity index (χ4v) is 3.29. The summed E-state index contributed by atoms with van der Waals surface area (Å²) in [7, 11) is 0. The van der Waals surface area contributed by atoms with Crippen LogP contribution >= 0.6 is 0 Å². The molecule has 1 unspecified atom stereocenters. The Morgan fingerprint density at radius 3 is 2.65 bits per heavy atom. The minimum absolute atomic E-state index is 0.0831. The lowest BCUT2D eigenvalue weighted by atomic mass is 9.92. The molecule has 1 aliphatic heterocycles. The summed E-state index contributed by atoms with van der Waals surface area (Å²) in [6.45, 7) is 1.47. The lowest BCUT2D eigenvalue weighted by molar-refractivity contribution is -0.136. The van der Waals surface area contributed by atoms with Gasteiger partial charge in [0.15, 0.2) is 0 Å². The standard InChI is InChI=1S/C18H23N3O2/c22-17(15-7-4-10-19-13-15)20-16-8-11-21(12-9-16)18(23)14-5-2-1-3-6-14/h1-2,4,7,10,13-14,16H,3,5-6,8-9,11-12H2,(H,20,22). The summed E-state index contributed by atoms with van der Waals surface area (Å²) in [5, 5.41) is 3.05. The number of nitrogens with one attached hydrogen (secondary N) is 1. The molecule has 5 heteroatoms. The van der Waals surface area contributed by atoms with Crippen molar-refractivity contribution in [1.82, 2.24) is 15.2 Å². The van der Waals surface area contributed by atoms with Crippen LogP contribution < -0.4 is 5.32 Å². The number of nitrogens with zero attached hydrogens (tertiary/aromatic N) is 2. The largest absolute Gasteiger partial charge is 0.349 e. The van der Waals surface area contributed by atoms with Crippen LogP contribution in [0.3, 0.4) is 0 Å². The van der Waals surface area contributed by atoms with Crippen molar-refractivity contribution in [1.29, 1.82) is 0 Å².